The number of benzene rings is 2. The smallest absolute Gasteiger partial charge is 0.326 e. The highest BCUT2D eigenvalue weighted by molar-refractivity contribution is 6.02. The molecule has 3 aromatic rings. The number of nitrogens with one attached hydrogen (secondary N) is 1. The van der Waals surface area contributed by atoms with Crippen LogP contribution in [-0.4, -0.2) is 60.4 Å². The molecule has 0 bridgehead atoms. The van der Waals surface area contributed by atoms with Crippen LogP contribution in [0, 0.1) is 0 Å². The second-order valence-corrected chi connectivity index (χ2v) is 9.19. The monoisotopic (exact) mass is 486 g/mol. The average molecular weight is 487 g/mol. The van der Waals surface area contributed by atoms with E-state index in [4.69, 9.17) is 4.42 Å². The van der Waals surface area contributed by atoms with Crippen molar-refractivity contribution in [3.63, 3.8) is 0 Å². The summed E-state index contributed by atoms with van der Waals surface area (Å²) in [6.07, 6.45) is 4.78. The van der Waals surface area contributed by atoms with Gasteiger partial charge in [-0.2, -0.15) is 0 Å². The van der Waals surface area contributed by atoms with Crippen molar-refractivity contribution in [2.24, 2.45) is 0 Å². The molecule has 1 fully saturated rings. The highest BCUT2D eigenvalue weighted by Gasteiger charge is 2.26. The number of hydrogen-bond acceptors (Lipinski definition) is 4. The molecule has 1 saturated heterocycles. The fourth-order valence-electron chi connectivity index (χ4n) is 4.80. The van der Waals surface area contributed by atoms with Crippen molar-refractivity contribution in [3.8, 4) is 0 Å². The maximum Gasteiger partial charge on any atom is 0.326 e. The van der Waals surface area contributed by atoms with Crippen LogP contribution >= 0.6 is 0 Å². The average Bonchev–Trinajstić information content (AvgIpc) is 3.36. The number of para-hydroxylation sites is 1. The molecule has 0 saturated carbocycles. The molecule has 0 spiro atoms. The van der Waals surface area contributed by atoms with Crippen LogP contribution in [-0.2, 0) is 17.6 Å². The summed E-state index contributed by atoms with van der Waals surface area (Å²) in [6, 6.07) is 18.7. The van der Waals surface area contributed by atoms with Crippen LogP contribution in [0.5, 0.6) is 0 Å². The van der Waals surface area contributed by atoms with Crippen LogP contribution < -0.4 is 10.2 Å². The lowest BCUT2D eigenvalue weighted by Gasteiger charge is -2.34. The van der Waals surface area contributed by atoms with Gasteiger partial charge in [-0.3, -0.25) is 14.5 Å². The van der Waals surface area contributed by atoms with E-state index in [0.29, 0.717) is 44.2 Å². The Balaban J connectivity index is 1.14. The second kappa shape index (κ2) is 10.7. The van der Waals surface area contributed by atoms with Crippen LogP contribution in [0.2, 0.25) is 0 Å². The molecular weight excluding hydrogens is 456 g/mol. The molecular formula is C28H30N4O4. The largest absolute Gasteiger partial charge is 0.459 e. The van der Waals surface area contributed by atoms with Gasteiger partial charge in [-0.25, -0.2) is 4.79 Å². The van der Waals surface area contributed by atoms with E-state index in [1.165, 1.54) is 11.8 Å². The zero-order chi connectivity index (χ0) is 24.9. The highest BCUT2D eigenvalue weighted by atomic mass is 16.3. The summed E-state index contributed by atoms with van der Waals surface area (Å²) in [6.45, 7) is 2.65. The first-order valence-corrected chi connectivity index (χ1v) is 12.4. The van der Waals surface area contributed by atoms with Gasteiger partial charge >= 0.3 is 6.03 Å². The zero-order valence-electron chi connectivity index (χ0n) is 20.2. The van der Waals surface area contributed by atoms with E-state index in [-0.39, 0.29) is 24.3 Å². The predicted octanol–water partition coefficient (Wildman–Crippen LogP) is 4.18. The Hall–Kier alpha value is -4.07. The Morgan fingerprint density at radius 3 is 2.31 bits per heavy atom. The molecule has 0 radical (unpaired) electrons. The number of carbonyl (C=O) groups excluding carboxylic acids is 3. The van der Waals surface area contributed by atoms with Gasteiger partial charge in [0, 0.05) is 44.1 Å². The third kappa shape index (κ3) is 5.27. The number of urea groups is 1. The molecule has 186 valence electrons. The first kappa shape index (κ1) is 23.7. The zero-order valence-corrected chi connectivity index (χ0v) is 20.2. The minimum absolute atomic E-state index is 0.0260. The van der Waals surface area contributed by atoms with E-state index in [0.717, 1.165) is 30.5 Å². The van der Waals surface area contributed by atoms with Crippen molar-refractivity contribution in [1.29, 1.82) is 0 Å². The van der Waals surface area contributed by atoms with E-state index in [9.17, 15) is 14.4 Å². The van der Waals surface area contributed by atoms with Crippen molar-refractivity contribution >= 4 is 29.2 Å². The number of anilines is 2. The van der Waals surface area contributed by atoms with Gasteiger partial charge in [0.2, 0.25) is 5.91 Å². The first-order chi connectivity index (χ1) is 17.6. The molecule has 2 aliphatic heterocycles. The molecule has 4 amide bonds. The number of rotatable bonds is 4. The fourth-order valence-corrected chi connectivity index (χ4v) is 4.80. The summed E-state index contributed by atoms with van der Waals surface area (Å²) in [7, 11) is 0. The Morgan fingerprint density at radius 1 is 0.806 bits per heavy atom. The van der Waals surface area contributed by atoms with Crippen LogP contribution in [0.1, 0.15) is 34.5 Å². The highest BCUT2D eigenvalue weighted by Crippen LogP contribution is 2.27. The summed E-state index contributed by atoms with van der Waals surface area (Å²) in [5.41, 5.74) is 3.75. The van der Waals surface area contributed by atoms with Crippen molar-refractivity contribution in [1.82, 2.24) is 9.80 Å². The molecule has 1 aromatic heterocycles. The number of furan rings is 1. The van der Waals surface area contributed by atoms with E-state index < -0.39 is 0 Å². The number of carbonyl (C=O) groups is 3. The SMILES string of the molecule is O=C(Cc1ccc(NC(=O)N2CCCCc3ccccc32)cc1)N1CCN(C(=O)c2ccco2)CC1. The lowest BCUT2D eigenvalue weighted by molar-refractivity contribution is -0.131. The van der Waals surface area contributed by atoms with E-state index in [2.05, 4.69) is 11.4 Å². The van der Waals surface area contributed by atoms with Crippen LogP contribution in [0.15, 0.2) is 71.3 Å². The molecule has 8 heteroatoms. The number of piperazine rings is 1. The second-order valence-electron chi connectivity index (χ2n) is 9.19. The van der Waals surface area contributed by atoms with Gasteiger partial charge in [0.05, 0.1) is 12.7 Å². The fraction of sp³-hybridized carbons (Fsp3) is 0.321. The summed E-state index contributed by atoms with van der Waals surface area (Å²) >= 11 is 0. The maximum absolute atomic E-state index is 13.0. The van der Waals surface area contributed by atoms with Gasteiger partial charge in [-0.1, -0.05) is 30.3 Å². The van der Waals surface area contributed by atoms with Crippen LogP contribution in [0.3, 0.4) is 0 Å². The Kier molecular flexibility index (Phi) is 7.02. The molecule has 0 unspecified atom stereocenters. The quantitative estimate of drug-likeness (QED) is 0.600. The molecule has 36 heavy (non-hydrogen) atoms. The lowest BCUT2D eigenvalue weighted by Crippen LogP contribution is -2.50. The predicted molar refractivity (Wildman–Crippen MR) is 137 cm³/mol. The van der Waals surface area contributed by atoms with Gasteiger partial charge in [0.25, 0.3) is 5.91 Å². The molecule has 3 heterocycles. The van der Waals surface area contributed by atoms with E-state index in [1.54, 1.807) is 21.9 Å². The third-order valence-corrected chi connectivity index (χ3v) is 6.82. The minimum atomic E-state index is -0.145. The van der Waals surface area contributed by atoms with Gasteiger partial charge in [-0.15, -0.1) is 0 Å². The molecule has 2 aromatic carbocycles. The van der Waals surface area contributed by atoms with E-state index in [1.807, 2.05) is 47.4 Å². The van der Waals surface area contributed by atoms with Gasteiger partial charge < -0.3 is 19.5 Å². The topological polar surface area (TPSA) is 86.1 Å². The third-order valence-electron chi connectivity index (χ3n) is 6.82. The Morgan fingerprint density at radius 2 is 1.56 bits per heavy atom. The summed E-state index contributed by atoms with van der Waals surface area (Å²) < 4.78 is 5.19. The number of amides is 4. The molecule has 2 aliphatic rings. The van der Waals surface area contributed by atoms with Crippen LogP contribution in [0.25, 0.3) is 0 Å². The lowest BCUT2D eigenvalue weighted by atomic mass is 10.1. The van der Waals surface area contributed by atoms with E-state index >= 15 is 0 Å². The molecule has 8 nitrogen and oxygen atoms in total. The summed E-state index contributed by atoms with van der Waals surface area (Å²) in [5.74, 6) is 0.202. The normalized spacial score (nSPS) is 15.7. The van der Waals surface area contributed by atoms with Crippen molar-refractivity contribution in [2.75, 3.05) is 42.9 Å². The number of nitrogens with zero attached hydrogens (tertiary/aromatic N) is 3. The standard InChI is InChI=1S/C28H30N4O4/c33-26(30-15-17-31(18-16-30)27(34)25-9-5-19-36-25)20-21-10-12-23(13-11-21)29-28(35)32-14-4-3-7-22-6-1-2-8-24(22)32/h1-2,5-6,8-13,19H,3-4,7,14-18,20H2,(H,29,35). The summed E-state index contributed by atoms with van der Waals surface area (Å²) in [4.78, 5) is 43.6. The van der Waals surface area contributed by atoms with Gasteiger partial charge in [0.15, 0.2) is 5.76 Å². The van der Waals surface area contributed by atoms with Gasteiger partial charge in [0.1, 0.15) is 0 Å². The number of fused-ring (bicyclic) bond motifs is 1. The van der Waals surface area contributed by atoms with Crippen molar-refractivity contribution < 1.29 is 18.8 Å². The maximum atomic E-state index is 13.0. The Bertz CT molecular complexity index is 1210. The Labute approximate surface area is 210 Å². The molecule has 0 aliphatic carbocycles. The number of hydrogen-bond donors (Lipinski definition) is 1. The van der Waals surface area contributed by atoms with Crippen LogP contribution in [0.4, 0.5) is 16.2 Å². The van der Waals surface area contributed by atoms with Gasteiger partial charge in [-0.05, 0) is 60.7 Å². The molecule has 5 rings (SSSR count). The molecule has 1 N–H and O–H groups in total. The summed E-state index contributed by atoms with van der Waals surface area (Å²) in [5, 5.41) is 3.00. The van der Waals surface area contributed by atoms with Crippen molar-refractivity contribution in [3.05, 3.63) is 83.8 Å². The first-order valence-electron chi connectivity index (χ1n) is 12.4. The molecule has 0 atom stereocenters. The number of aryl methyl sites for hydroxylation is 1. The van der Waals surface area contributed by atoms with Crippen molar-refractivity contribution in [2.45, 2.75) is 25.7 Å². The minimum Gasteiger partial charge on any atom is -0.459 e.